The van der Waals surface area contributed by atoms with Gasteiger partial charge in [0.25, 0.3) is 0 Å². The van der Waals surface area contributed by atoms with E-state index in [2.05, 4.69) is 22.2 Å². The second-order valence-corrected chi connectivity index (χ2v) is 7.33. The molecular weight excluding hydrogens is 320 g/mol. The fourth-order valence-electron chi connectivity index (χ4n) is 4.64. The SMILES string of the molecule is O=C(C1NNC2CCNCC21)N1CCCC1c1ccc2c(c1)OCO2. The highest BCUT2D eigenvalue weighted by atomic mass is 16.7. The lowest BCUT2D eigenvalue weighted by Crippen LogP contribution is -2.50. The van der Waals surface area contributed by atoms with Gasteiger partial charge in [0.1, 0.15) is 6.04 Å². The minimum atomic E-state index is -0.146. The highest BCUT2D eigenvalue weighted by molar-refractivity contribution is 5.83. The Balaban J connectivity index is 1.37. The fourth-order valence-corrected chi connectivity index (χ4v) is 4.64. The summed E-state index contributed by atoms with van der Waals surface area (Å²) < 4.78 is 10.9. The largest absolute Gasteiger partial charge is 0.454 e. The van der Waals surface area contributed by atoms with Gasteiger partial charge >= 0.3 is 0 Å². The molecule has 4 aliphatic heterocycles. The predicted octanol–water partition coefficient (Wildman–Crippen LogP) is 0.533. The summed E-state index contributed by atoms with van der Waals surface area (Å²) in [5.41, 5.74) is 7.73. The molecule has 3 N–H and O–H groups in total. The van der Waals surface area contributed by atoms with Gasteiger partial charge in [-0.05, 0) is 43.5 Å². The van der Waals surface area contributed by atoms with Gasteiger partial charge in [-0.15, -0.1) is 0 Å². The van der Waals surface area contributed by atoms with Gasteiger partial charge < -0.3 is 19.7 Å². The number of carbonyl (C=O) groups is 1. The van der Waals surface area contributed by atoms with Crippen molar-refractivity contribution in [3.63, 3.8) is 0 Å². The van der Waals surface area contributed by atoms with E-state index < -0.39 is 0 Å². The first kappa shape index (κ1) is 15.4. The standard InChI is InChI=1S/C18H24N4O3/c23-18(17-12-9-19-6-5-13(12)20-21-17)22-7-1-2-14(22)11-3-4-15-16(8-11)25-10-24-15/h3-4,8,12-14,17,19-21H,1-2,5-7,9-10H2. The van der Waals surface area contributed by atoms with Gasteiger partial charge in [-0.25, -0.2) is 5.43 Å². The molecule has 1 amide bonds. The highest BCUT2D eigenvalue weighted by Crippen LogP contribution is 2.39. The lowest BCUT2D eigenvalue weighted by Gasteiger charge is -2.32. The van der Waals surface area contributed by atoms with E-state index >= 15 is 0 Å². The van der Waals surface area contributed by atoms with Crippen molar-refractivity contribution in [1.29, 1.82) is 0 Å². The van der Waals surface area contributed by atoms with Gasteiger partial charge in [0, 0.05) is 25.0 Å². The zero-order valence-electron chi connectivity index (χ0n) is 14.2. The van der Waals surface area contributed by atoms with E-state index in [1.165, 1.54) is 0 Å². The topological polar surface area (TPSA) is 74.9 Å². The van der Waals surface area contributed by atoms with Crippen molar-refractivity contribution in [2.75, 3.05) is 26.4 Å². The van der Waals surface area contributed by atoms with E-state index in [0.717, 1.165) is 56.0 Å². The number of benzene rings is 1. The number of ether oxygens (including phenoxy) is 2. The summed E-state index contributed by atoms with van der Waals surface area (Å²) >= 11 is 0. The summed E-state index contributed by atoms with van der Waals surface area (Å²) in [5, 5.41) is 3.42. The second kappa shape index (κ2) is 6.16. The molecule has 4 atom stereocenters. The molecular formula is C18H24N4O3. The van der Waals surface area contributed by atoms with Gasteiger partial charge in [0.05, 0.1) is 6.04 Å². The van der Waals surface area contributed by atoms with Crippen LogP contribution in [0.5, 0.6) is 11.5 Å². The number of nitrogens with zero attached hydrogens (tertiary/aromatic N) is 1. The van der Waals surface area contributed by atoms with Crippen LogP contribution in [0.3, 0.4) is 0 Å². The molecule has 1 aromatic rings. The molecule has 0 aliphatic carbocycles. The van der Waals surface area contributed by atoms with Gasteiger partial charge in [0.2, 0.25) is 12.7 Å². The lowest BCUT2D eigenvalue weighted by molar-refractivity contribution is -0.135. The molecule has 3 fully saturated rings. The van der Waals surface area contributed by atoms with Crippen molar-refractivity contribution in [2.45, 2.75) is 37.4 Å². The van der Waals surface area contributed by atoms with E-state index in [1.807, 2.05) is 17.0 Å². The molecule has 1 aromatic carbocycles. The molecule has 0 aromatic heterocycles. The van der Waals surface area contributed by atoms with Crippen molar-refractivity contribution in [1.82, 2.24) is 21.1 Å². The quantitative estimate of drug-likeness (QED) is 0.727. The third-order valence-corrected chi connectivity index (χ3v) is 5.96. The summed E-state index contributed by atoms with van der Waals surface area (Å²) in [6.07, 6.45) is 3.10. The van der Waals surface area contributed by atoms with E-state index in [4.69, 9.17) is 9.47 Å². The normalized spacial score (nSPS) is 33.5. The fraction of sp³-hybridized carbons (Fsp3) is 0.611. The van der Waals surface area contributed by atoms with E-state index in [-0.39, 0.29) is 24.8 Å². The maximum absolute atomic E-state index is 13.3. The van der Waals surface area contributed by atoms with Crippen molar-refractivity contribution in [2.24, 2.45) is 5.92 Å². The zero-order valence-corrected chi connectivity index (χ0v) is 14.2. The molecule has 0 saturated carbocycles. The maximum atomic E-state index is 13.3. The lowest BCUT2D eigenvalue weighted by atomic mass is 9.88. The third-order valence-electron chi connectivity index (χ3n) is 5.96. The Bertz CT molecular complexity index is 682. The molecule has 3 saturated heterocycles. The average Bonchev–Trinajstić information content (AvgIpc) is 3.38. The van der Waals surface area contributed by atoms with Crippen LogP contribution in [0, 0.1) is 5.92 Å². The van der Waals surface area contributed by atoms with Crippen LogP contribution < -0.4 is 25.6 Å². The molecule has 5 rings (SSSR count). The van der Waals surface area contributed by atoms with Gasteiger partial charge in [0.15, 0.2) is 11.5 Å². The first-order valence-electron chi connectivity index (χ1n) is 9.23. The number of hydrazine groups is 1. The average molecular weight is 344 g/mol. The molecule has 4 aliphatic rings. The van der Waals surface area contributed by atoms with Gasteiger partial charge in [-0.2, -0.15) is 0 Å². The van der Waals surface area contributed by atoms with Crippen LogP contribution in [-0.4, -0.2) is 49.3 Å². The minimum absolute atomic E-state index is 0.124. The number of fused-ring (bicyclic) bond motifs is 2. The molecule has 0 radical (unpaired) electrons. The van der Waals surface area contributed by atoms with Crippen LogP contribution in [0.2, 0.25) is 0 Å². The number of likely N-dealkylation sites (tertiary alicyclic amines) is 1. The van der Waals surface area contributed by atoms with Crippen LogP contribution in [-0.2, 0) is 4.79 Å². The number of carbonyl (C=O) groups excluding carboxylic acids is 1. The highest BCUT2D eigenvalue weighted by Gasteiger charge is 2.44. The number of hydrogen-bond acceptors (Lipinski definition) is 6. The molecule has 0 bridgehead atoms. The Kier molecular flexibility index (Phi) is 3.80. The number of rotatable bonds is 2. The Labute approximate surface area is 147 Å². The molecule has 0 spiro atoms. The van der Waals surface area contributed by atoms with Crippen LogP contribution in [0.1, 0.15) is 30.9 Å². The van der Waals surface area contributed by atoms with Crippen molar-refractivity contribution < 1.29 is 14.3 Å². The Morgan fingerprint density at radius 2 is 2.08 bits per heavy atom. The molecule has 4 heterocycles. The zero-order chi connectivity index (χ0) is 16.8. The smallest absolute Gasteiger partial charge is 0.241 e. The number of amides is 1. The molecule has 4 unspecified atom stereocenters. The maximum Gasteiger partial charge on any atom is 0.241 e. The molecule has 25 heavy (non-hydrogen) atoms. The van der Waals surface area contributed by atoms with Crippen molar-refractivity contribution in [3.8, 4) is 11.5 Å². The Morgan fingerprint density at radius 3 is 3.04 bits per heavy atom. The second-order valence-electron chi connectivity index (χ2n) is 7.33. The Morgan fingerprint density at radius 1 is 1.16 bits per heavy atom. The van der Waals surface area contributed by atoms with Crippen molar-refractivity contribution >= 4 is 5.91 Å². The molecule has 7 heteroatoms. The Hall–Kier alpha value is -1.83. The monoisotopic (exact) mass is 344 g/mol. The first-order valence-corrected chi connectivity index (χ1v) is 9.23. The van der Waals surface area contributed by atoms with Crippen LogP contribution in [0.25, 0.3) is 0 Å². The predicted molar refractivity (Wildman–Crippen MR) is 91.1 cm³/mol. The third kappa shape index (κ3) is 2.58. The molecule has 134 valence electrons. The summed E-state index contributed by atoms with van der Waals surface area (Å²) in [6, 6.07) is 6.42. The van der Waals surface area contributed by atoms with Crippen LogP contribution >= 0.6 is 0 Å². The van der Waals surface area contributed by atoms with Crippen LogP contribution in [0.4, 0.5) is 0 Å². The van der Waals surface area contributed by atoms with E-state index in [1.54, 1.807) is 0 Å². The van der Waals surface area contributed by atoms with Crippen LogP contribution in [0.15, 0.2) is 18.2 Å². The van der Waals surface area contributed by atoms with Crippen molar-refractivity contribution in [3.05, 3.63) is 23.8 Å². The van der Waals surface area contributed by atoms with Gasteiger partial charge in [-0.3, -0.25) is 10.2 Å². The van der Waals surface area contributed by atoms with Gasteiger partial charge in [-0.1, -0.05) is 6.07 Å². The minimum Gasteiger partial charge on any atom is -0.454 e. The number of piperidine rings is 1. The first-order chi connectivity index (χ1) is 12.3. The number of hydrogen-bond donors (Lipinski definition) is 3. The summed E-state index contributed by atoms with van der Waals surface area (Å²) in [4.78, 5) is 15.3. The summed E-state index contributed by atoms with van der Waals surface area (Å²) in [7, 11) is 0. The van der Waals surface area contributed by atoms with E-state index in [9.17, 15) is 4.79 Å². The summed E-state index contributed by atoms with van der Waals surface area (Å²) in [6.45, 7) is 3.00. The van der Waals surface area contributed by atoms with E-state index in [0.29, 0.717) is 12.0 Å². The molecule has 7 nitrogen and oxygen atoms in total. The number of nitrogens with one attached hydrogen (secondary N) is 3. The summed E-state index contributed by atoms with van der Waals surface area (Å²) in [5.74, 6) is 2.11.